The van der Waals surface area contributed by atoms with E-state index in [4.69, 9.17) is 39.9 Å². The molecule has 1 aliphatic heterocycles. The summed E-state index contributed by atoms with van der Waals surface area (Å²) in [6, 6.07) is 17.1. The summed E-state index contributed by atoms with van der Waals surface area (Å²) >= 11 is -1.62. The maximum absolute atomic E-state index is 5.06. The van der Waals surface area contributed by atoms with E-state index in [1.807, 2.05) is 6.61 Å². The van der Waals surface area contributed by atoms with Gasteiger partial charge in [0.05, 0.1) is 25.1 Å². The van der Waals surface area contributed by atoms with E-state index in [1.54, 1.807) is 0 Å². The molecule has 1 aliphatic rings. The molecule has 1 fully saturated rings. The number of ether oxygens (including phenoxy) is 1. The molecule has 34 heavy (non-hydrogen) atoms. The molecule has 2 aromatic rings. The molecule has 190 valence electrons. The van der Waals surface area contributed by atoms with E-state index in [0.717, 1.165) is 31.0 Å². The summed E-state index contributed by atoms with van der Waals surface area (Å²) in [6.45, 7) is 16.4. The molecule has 3 rings (SSSR count). The van der Waals surface area contributed by atoms with Gasteiger partial charge >= 0.3 is 41.5 Å². The minimum absolute atomic E-state index is 0.641. The first-order valence-electron chi connectivity index (χ1n) is 11.7. The quantitative estimate of drug-likeness (QED) is 0.159. The van der Waals surface area contributed by atoms with Gasteiger partial charge in [-0.1, -0.05) is 61.4 Å². The summed E-state index contributed by atoms with van der Waals surface area (Å²) < 4.78 is 4.82. The number of halogens is 3. The van der Waals surface area contributed by atoms with Crippen molar-refractivity contribution in [2.75, 3.05) is 6.61 Å². The number of amidine groups is 1. The van der Waals surface area contributed by atoms with Crippen LogP contribution in [0.1, 0.15) is 64.2 Å². The molecular formula is C26H39Cl3CrN2OP+. The summed E-state index contributed by atoms with van der Waals surface area (Å²) in [5.41, 5.74) is 6.08. The Kier molecular flexibility index (Phi) is 16.8. The summed E-state index contributed by atoms with van der Waals surface area (Å²) in [4.78, 5) is 5.06. The van der Waals surface area contributed by atoms with Gasteiger partial charge in [0.25, 0.3) is 0 Å². The van der Waals surface area contributed by atoms with Crippen LogP contribution in [-0.4, -0.2) is 23.8 Å². The second kappa shape index (κ2) is 18.0. The zero-order valence-corrected chi connectivity index (χ0v) is 25.6. The predicted molar refractivity (Wildman–Crippen MR) is 152 cm³/mol. The number of aliphatic imine (C=N–C) groups is 1. The van der Waals surface area contributed by atoms with Crippen LogP contribution in [0.25, 0.3) is 0 Å². The summed E-state index contributed by atoms with van der Waals surface area (Å²) in [6.07, 6.45) is 3.37. The van der Waals surface area contributed by atoms with Gasteiger partial charge in [-0.25, -0.2) is 16.7 Å². The van der Waals surface area contributed by atoms with Crippen molar-refractivity contribution >= 4 is 49.7 Å². The van der Waals surface area contributed by atoms with Crippen molar-refractivity contribution in [2.24, 2.45) is 4.99 Å². The van der Waals surface area contributed by atoms with Crippen LogP contribution in [0.5, 0.6) is 0 Å². The van der Waals surface area contributed by atoms with Crippen molar-refractivity contribution in [3.8, 4) is 0 Å². The Morgan fingerprint density at radius 1 is 1.06 bits per heavy atom. The average molecular weight is 585 g/mol. The molecule has 1 saturated heterocycles. The number of hydrogen-bond donors (Lipinski definition) is 1. The standard InChI is InChI=1S/C22H31N2P.C4H7O.3ClH.Cr/c1-7-19-10-8-9-11-21(19)23-22(20-14-12-18(6)13-15-20)24-25(16(2)3)17(4)5;1-2-4-5-3-1;;;;/h8-17H,7H2,1-6H3,(H,23,24);3H,1-2,4H2;3*1H;/q;-1;;;;+4/p-2. The van der Waals surface area contributed by atoms with Gasteiger partial charge in [-0.2, -0.15) is 6.42 Å². The van der Waals surface area contributed by atoms with Crippen LogP contribution in [0.4, 0.5) is 5.69 Å². The molecule has 0 amide bonds. The van der Waals surface area contributed by atoms with Crippen molar-refractivity contribution in [1.29, 1.82) is 0 Å². The number of nitrogens with one attached hydrogen (secondary N) is 1. The third kappa shape index (κ3) is 13.1. The molecule has 2 aromatic carbocycles. The molecule has 3 nitrogen and oxygen atoms in total. The Morgan fingerprint density at radius 3 is 2.09 bits per heavy atom. The molecular weight excluding hydrogens is 546 g/mol. The molecule has 0 spiro atoms. The Bertz CT molecular complexity index is 826. The van der Waals surface area contributed by atoms with E-state index < -0.39 is 19.5 Å². The minimum atomic E-state index is -1.62. The molecule has 0 aromatic heterocycles. The number of nitrogens with zero attached hydrogens (tertiary/aromatic N) is 1. The molecule has 8 heteroatoms. The number of rotatable bonds is 6. The van der Waals surface area contributed by atoms with Gasteiger partial charge in [0.1, 0.15) is 0 Å². The Balaban J connectivity index is 0.000000537. The van der Waals surface area contributed by atoms with Gasteiger partial charge < -0.3 is 4.74 Å². The third-order valence-corrected chi connectivity index (χ3v) is 8.15. The topological polar surface area (TPSA) is 33.6 Å². The third-order valence-electron chi connectivity index (χ3n) is 5.14. The van der Waals surface area contributed by atoms with Crippen LogP contribution in [-0.2, 0) is 22.5 Å². The molecule has 0 radical (unpaired) electrons. The Hall–Kier alpha value is -0.298. The second-order valence-electron chi connectivity index (χ2n) is 8.55. The van der Waals surface area contributed by atoms with Crippen molar-refractivity contribution in [1.82, 2.24) is 5.09 Å². The zero-order chi connectivity index (χ0) is 25.5. The number of benzene rings is 2. The SMILES string of the molecule is CCc1ccccc1N=C(N[PH+](C(C)C)C(C)C)c1ccc(C)cc1.[CH-]1CCCO1.[Cl][Cr+]([Cl])[Cl]. The van der Waals surface area contributed by atoms with Crippen LogP contribution >= 0.6 is 38.2 Å². The monoisotopic (exact) mass is 583 g/mol. The van der Waals surface area contributed by atoms with Gasteiger partial charge in [-0.3, -0.25) is 0 Å². The van der Waals surface area contributed by atoms with Gasteiger partial charge in [-0.05, 0) is 52.7 Å². The first kappa shape index (κ1) is 31.7. The first-order valence-corrected chi connectivity index (χ1v) is 18.6. The van der Waals surface area contributed by atoms with E-state index in [1.165, 1.54) is 23.1 Å². The van der Waals surface area contributed by atoms with E-state index >= 15 is 0 Å². The Morgan fingerprint density at radius 2 is 1.65 bits per heavy atom. The van der Waals surface area contributed by atoms with Crippen molar-refractivity contribution in [2.45, 2.75) is 72.1 Å². The van der Waals surface area contributed by atoms with Gasteiger partial charge in [-0.15, -0.1) is 0 Å². The number of hydrogen-bond acceptors (Lipinski definition) is 2. The molecule has 1 N–H and O–H groups in total. The van der Waals surface area contributed by atoms with E-state index in [9.17, 15) is 0 Å². The molecule has 0 bridgehead atoms. The van der Waals surface area contributed by atoms with Crippen molar-refractivity contribution in [3.63, 3.8) is 0 Å². The maximum atomic E-state index is 5.06. The van der Waals surface area contributed by atoms with Crippen LogP contribution in [0, 0.1) is 13.5 Å². The molecule has 0 saturated carbocycles. The molecule has 0 unspecified atom stereocenters. The fourth-order valence-electron chi connectivity index (χ4n) is 3.42. The van der Waals surface area contributed by atoms with Crippen LogP contribution in [0.3, 0.4) is 0 Å². The van der Waals surface area contributed by atoms with Gasteiger partial charge in [0.2, 0.25) is 0 Å². The van der Waals surface area contributed by atoms with Gasteiger partial charge in [0, 0.05) is 12.2 Å². The summed E-state index contributed by atoms with van der Waals surface area (Å²) in [5, 5.41) is 3.84. The van der Waals surface area contributed by atoms with E-state index in [0.29, 0.717) is 11.3 Å². The number of aryl methyl sites for hydroxylation is 2. The number of para-hydroxylation sites is 1. The molecule has 0 aliphatic carbocycles. The van der Waals surface area contributed by atoms with Crippen LogP contribution in [0.2, 0.25) is 0 Å². The Labute approximate surface area is 225 Å². The fraction of sp³-hybridized carbons (Fsp3) is 0.462. The normalized spacial score (nSPS) is 13.6. The summed E-state index contributed by atoms with van der Waals surface area (Å²) in [7, 11) is 14.0. The molecule has 0 atom stereocenters. The molecule has 1 heterocycles. The fourth-order valence-corrected chi connectivity index (χ4v) is 5.81. The average Bonchev–Trinajstić information content (AvgIpc) is 3.37. The van der Waals surface area contributed by atoms with E-state index in [-0.39, 0.29) is 0 Å². The zero-order valence-electron chi connectivity index (χ0n) is 21.1. The van der Waals surface area contributed by atoms with Crippen molar-refractivity contribution < 1.29 is 16.1 Å². The first-order chi connectivity index (χ1) is 16.1. The summed E-state index contributed by atoms with van der Waals surface area (Å²) in [5.74, 6) is 1.01. The van der Waals surface area contributed by atoms with Gasteiger partial charge in [0.15, 0.2) is 5.84 Å². The van der Waals surface area contributed by atoms with Crippen molar-refractivity contribution in [3.05, 3.63) is 71.8 Å². The second-order valence-corrected chi connectivity index (χ2v) is 18.3. The van der Waals surface area contributed by atoms with Crippen LogP contribution < -0.4 is 5.09 Å². The van der Waals surface area contributed by atoms with Crippen LogP contribution in [0.15, 0.2) is 53.5 Å². The van der Waals surface area contributed by atoms with E-state index in [2.05, 4.69) is 95.2 Å². The predicted octanol–water partition coefficient (Wildman–Crippen LogP) is 9.20.